The average molecular weight is 252 g/mol. The maximum atomic E-state index is 5.02. The highest BCUT2D eigenvalue weighted by Gasteiger charge is 2.59. The SMILES string of the molecule is c1ccc2c(c1)N=C1CC[C@H]3CCCN4CC[C@]12[C@@H]34. The Morgan fingerprint density at radius 3 is 3.11 bits per heavy atom. The third-order valence-corrected chi connectivity index (χ3v) is 6.07. The van der Waals surface area contributed by atoms with Crippen LogP contribution in [0.4, 0.5) is 5.69 Å². The summed E-state index contributed by atoms with van der Waals surface area (Å²) in [5.74, 6) is 0.918. The number of hydrogen-bond donors (Lipinski definition) is 0. The standard InChI is InChI=1S/C17H20N2/c1-2-6-14-13(5-1)17-9-11-19-10-3-4-12(16(17)19)7-8-15(17)18-14/h1-2,5-6,12,16H,3-4,7-11H2/t12-,16-,17-/m1/s1. The van der Waals surface area contributed by atoms with Gasteiger partial charge >= 0.3 is 0 Å². The van der Waals surface area contributed by atoms with Crippen LogP contribution < -0.4 is 0 Å². The van der Waals surface area contributed by atoms with E-state index in [2.05, 4.69) is 29.2 Å². The lowest BCUT2D eigenvalue weighted by molar-refractivity contribution is 0.0983. The fourth-order valence-corrected chi connectivity index (χ4v) is 5.45. The summed E-state index contributed by atoms with van der Waals surface area (Å²) < 4.78 is 0. The molecule has 3 heterocycles. The summed E-state index contributed by atoms with van der Waals surface area (Å²) >= 11 is 0. The maximum absolute atomic E-state index is 5.02. The third-order valence-electron chi connectivity index (χ3n) is 6.07. The first kappa shape index (κ1) is 10.6. The highest BCUT2D eigenvalue weighted by molar-refractivity contribution is 6.03. The van der Waals surface area contributed by atoms with E-state index in [9.17, 15) is 0 Å². The Labute approximate surface area is 114 Å². The number of aliphatic imine (C=N–C) groups is 1. The molecular formula is C17H20N2. The smallest absolute Gasteiger partial charge is 0.0671 e. The molecule has 2 heteroatoms. The van der Waals surface area contributed by atoms with Crippen LogP contribution in [0.3, 0.4) is 0 Å². The van der Waals surface area contributed by atoms with Gasteiger partial charge in [0, 0.05) is 11.8 Å². The van der Waals surface area contributed by atoms with Gasteiger partial charge in [-0.25, -0.2) is 0 Å². The van der Waals surface area contributed by atoms with Gasteiger partial charge < -0.3 is 0 Å². The van der Waals surface area contributed by atoms with E-state index in [4.69, 9.17) is 4.99 Å². The van der Waals surface area contributed by atoms with Crippen molar-refractivity contribution in [3.63, 3.8) is 0 Å². The van der Waals surface area contributed by atoms with Gasteiger partial charge in [-0.15, -0.1) is 0 Å². The number of hydrogen-bond acceptors (Lipinski definition) is 2. The van der Waals surface area contributed by atoms with Crippen molar-refractivity contribution >= 4 is 11.4 Å². The molecule has 19 heavy (non-hydrogen) atoms. The minimum Gasteiger partial charge on any atom is -0.299 e. The quantitative estimate of drug-likeness (QED) is 0.692. The van der Waals surface area contributed by atoms with Gasteiger partial charge in [0.15, 0.2) is 0 Å². The molecule has 98 valence electrons. The van der Waals surface area contributed by atoms with E-state index >= 15 is 0 Å². The van der Waals surface area contributed by atoms with Crippen LogP contribution >= 0.6 is 0 Å². The summed E-state index contributed by atoms with van der Waals surface area (Å²) in [7, 11) is 0. The van der Waals surface area contributed by atoms with E-state index in [0.29, 0.717) is 5.41 Å². The molecule has 3 fully saturated rings. The van der Waals surface area contributed by atoms with Crippen molar-refractivity contribution in [1.82, 2.24) is 4.90 Å². The zero-order chi connectivity index (χ0) is 12.4. The topological polar surface area (TPSA) is 15.6 Å². The van der Waals surface area contributed by atoms with Gasteiger partial charge in [0.25, 0.3) is 0 Å². The molecule has 5 rings (SSSR count). The minimum absolute atomic E-state index is 0.305. The Kier molecular flexibility index (Phi) is 1.95. The Hall–Kier alpha value is -1.15. The first-order chi connectivity index (χ1) is 9.39. The van der Waals surface area contributed by atoms with Crippen LogP contribution in [0.5, 0.6) is 0 Å². The maximum Gasteiger partial charge on any atom is 0.0671 e. The zero-order valence-electron chi connectivity index (χ0n) is 11.3. The third kappa shape index (κ3) is 1.15. The lowest BCUT2D eigenvalue weighted by Crippen LogP contribution is -2.55. The lowest BCUT2D eigenvalue weighted by Gasteiger charge is -2.48. The fraction of sp³-hybridized carbons (Fsp3) is 0.588. The Balaban J connectivity index is 1.74. The molecule has 0 bridgehead atoms. The molecule has 1 aromatic rings. The van der Waals surface area contributed by atoms with Crippen LogP contribution in [-0.2, 0) is 5.41 Å². The first-order valence-electron chi connectivity index (χ1n) is 7.81. The van der Waals surface area contributed by atoms with E-state index < -0.39 is 0 Å². The van der Waals surface area contributed by atoms with Gasteiger partial charge in [0.05, 0.1) is 11.1 Å². The number of fused-ring (bicyclic) bond motifs is 1. The normalized spacial score (nSPS) is 39.5. The van der Waals surface area contributed by atoms with E-state index in [-0.39, 0.29) is 0 Å². The van der Waals surface area contributed by atoms with Crippen LogP contribution in [0.2, 0.25) is 0 Å². The molecule has 3 atom stereocenters. The molecule has 1 saturated carbocycles. The second-order valence-corrected chi connectivity index (χ2v) is 6.72. The highest BCUT2D eigenvalue weighted by Crippen LogP contribution is 2.57. The molecule has 0 N–H and O–H groups in total. The van der Waals surface area contributed by atoms with Gasteiger partial charge in [-0.05, 0) is 62.7 Å². The summed E-state index contributed by atoms with van der Waals surface area (Å²) in [5, 5.41) is 0. The van der Waals surface area contributed by atoms with E-state index in [1.807, 2.05) is 0 Å². The molecular weight excluding hydrogens is 232 g/mol. The number of piperidine rings is 1. The van der Waals surface area contributed by atoms with Crippen molar-refractivity contribution in [1.29, 1.82) is 0 Å². The summed E-state index contributed by atoms with van der Waals surface area (Å²) in [5.41, 5.74) is 4.63. The lowest BCUT2D eigenvalue weighted by atomic mass is 9.60. The van der Waals surface area contributed by atoms with Gasteiger partial charge in [0.1, 0.15) is 0 Å². The molecule has 0 unspecified atom stereocenters. The molecule has 2 saturated heterocycles. The second-order valence-electron chi connectivity index (χ2n) is 6.72. The number of benzene rings is 1. The van der Waals surface area contributed by atoms with Gasteiger partial charge in [0.2, 0.25) is 0 Å². The number of nitrogens with zero attached hydrogens (tertiary/aromatic N) is 2. The molecule has 1 aromatic carbocycles. The monoisotopic (exact) mass is 252 g/mol. The molecule has 2 nitrogen and oxygen atoms in total. The van der Waals surface area contributed by atoms with Crippen molar-refractivity contribution in [2.75, 3.05) is 13.1 Å². The van der Waals surface area contributed by atoms with E-state index in [1.165, 1.54) is 56.6 Å². The molecule has 1 aliphatic carbocycles. The molecule has 0 radical (unpaired) electrons. The Morgan fingerprint density at radius 2 is 2.11 bits per heavy atom. The summed E-state index contributed by atoms with van der Waals surface area (Å²) in [4.78, 5) is 7.81. The predicted octanol–water partition coefficient (Wildman–Crippen LogP) is 3.29. The fourth-order valence-electron chi connectivity index (χ4n) is 5.45. The molecule has 1 spiro atoms. The predicted molar refractivity (Wildman–Crippen MR) is 77.2 cm³/mol. The average Bonchev–Trinajstić information content (AvgIpc) is 3.00. The summed E-state index contributed by atoms with van der Waals surface area (Å²) in [6, 6.07) is 9.68. The van der Waals surface area contributed by atoms with Crippen molar-refractivity contribution in [2.45, 2.75) is 43.6 Å². The molecule has 0 aromatic heterocycles. The Bertz CT molecular complexity index is 576. The van der Waals surface area contributed by atoms with E-state index in [0.717, 1.165) is 12.0 Å². The van der Waals surface area contributed by atoms with Crippen LogP contribution in [0.15, 0.2) is 29.3 Å². The molecule has 0 amide bonds. The van der Waals surface area contributed by atoms with Gasteiger partial charge in [-0.1, -0.05) is 18.2 Å². The van der Waals surface area contributed by atoms with Crippen molar-refractivity contribution in [2.24, 2.45) is 10.9 Å². The molecule has 4 aliphatic rings. The van der Waals surface area contributed by atoms with Crippen LogP contribution in [0.25, 0.3) is 0 Å². The first-order valence-corrected chi connectivity index (χ1v) is 7.81. The number of para-hydroxylation sites is 1. The van der Waals surface area contributed by atoms with Crippen LogP contribution in [0, 0.1) is 5.92 Å². The van der Waals surface area contributed by atoms with Gasteiger partial charge in [-0.3, -0.25) is 9.89 Å². The second kappa shape index (κ2) is 3.49. The molecule has 3 aliphatic heterocycles. The summed E-state index contributed by atoms with van der Waals surface area (Å²) in [6.45, 7) is 2.60. The van der Waals surface area contributed by atoms with Crippen LogP contribution in [-0.4, -0.2) is 29.7 Å². The van der Waals surface area contributed by atoms with Crippen molar-refractivity contribution in [3.8, 4) is 0 Å². The minimum atomic E-state index is 0.305. The number of rotatable bonds is 0. The van der Waals surface area contributed by atoms with Crippen LogP contribution in [0.1, 0.15) is 37.7 Å². The van der Waals surface area contributed by atoms with Crippen molar-refractivity contribution in [3.05, 3.63) is 29.8 Å². The zero-order valence-corrected chi connectivity index (χ0v) is 11.3. The van der Waals surface area contributed by atoms with E-state index in [1.54, 1.807) is 5.56 Å². The van der Waals surface area contributed by atoms with Crippen molar-refractivity contribution < 1.29 is 0 Å². The highest BCUT2D eigenvalue weighted by atomic mass is 15.2. The summed E-state index contributed by atoms with van der Waals surface area (Å²) in [6.07, 6.45) is 6.77. The Morgan fingerprint density at radius 1 is 1.16 bits per heavy atom. The van der Waals surface area contributed by atoms with Gasteiger partial charge in [-0.2, -0.15) is 0 Å². The largest absolute Gasteiger partial charge is 0.299 e.